The minimum absolute atomic E-state index is 0.0111. The number of benzene rings is 3. The molecule has 2 aliphatic rings. The maximum absolute atomic E-state index is 13.9. The van der Waals surface area contributed by atoms with Crippen molar-refractivity contribution in [1.82, 2.24) is 15.1 Å². The van der Waals surface area contributed by atoms with E-state index in [0.717, 1.165) is 52.2 Å². The van der Waals surface area contributed by atoms with Gasteiger partial charge in [-0.1, -0.05) is 66.7 Å². The summed E-state index contributed by atoms with van der Waals surface area (Å²) in [5.41, 5.74) is 5.36. The first kappa shape index (κ1) is 28.1. The highest BCUT2D eigenvalue weighted by Gasteiger charge is 2.38. The second-order valence-electron chi connectivity index (χ2n) is 10.5. The summed E-state index contributed by atoms with van der Waals surface area (Å²) >= 11 is 1.53. The molecule has 1 fully saturated rings. The molecule has 42 heavy (non-hydrogen) atoms. The fourth-order valence-corrected chi connectivity index (χ4v) is 6.88. The number of thioether (sulfide) groups is 1. The fraction of sp³-hybridized carbons (Fsp3) is 0.303. The van der Waals surface area contributed by atoms with E-state index < -0.39 is 0 Å². The summed E-state index contributed by atoms with van der Waals surface area (Å²) < 4.78 is 13.3. The molecular formula is C33H34N4O4S. The van der Waals surface area contributed by atoms with Crippen LogP contribution in [0.3, 0.4) is 0 Å². The molecule has 0 bridgehead atoms. The summed E-state index contributed by atoms with van der Waals surface area (Å²) in [4.78, 5) is 28.9. The second-order valence-corrected chi connectivity index (χ2v) is 11.6. The van der Waals surface area contributed by atoms with Crippen LogP contribution in [0.5, 0.6) is 5.75 Å². The van der Waals surface area contributed by atoms with Gasteiger partial charge >= 0.3 is 0 Å². The van der Waals surface area contributed by atoms with Gasteiger partial charge in [0.05, 0.1) is 35.6 Å². The van der Waals surface area contributed by atoms with Crippen molar-refractivity contribution < 1.29 is 19.1 Å². The molecule has 1 aromatic heterocycles. The number of amides is 2. The van der Waals surface area contributed by atoms with Crippen LogP contribution in [-0.2, 0) is 14.3 Å². The Morgan fingerprint density at radius 2 is 1.83 bits per heavy atom. The molecule has 2 unspecified atom stereocenters. The Bertz CT molecular complexity index is 1580. The molecule has 0 aliphatic carbocycles. The smallest absolute Gasteiger partial charge is 0.240 e. The van der Waals surface area contributed by atoms with Crippen LogP contribution in [0.25, 0.3) is 16.9 Å². The number of para-hydroxylation sites is 2. The third-order valence-corrected chi connectivity index (χ3v) is 8.99. The molecule has 0 spiro atoms. The van der Waals surface area contributed by atoms with Crippen molar-refractivity contribution in [2.45, 2.75) is 31.1 Å². The predicted octanol–water partition coefficient (Wildman–Crippen LogP) is 5.32. The first-order chi connectivity index (χ1) is 20.5. The molecule has 9 heteroatoms. The van der Waals surface area contributed by atoms with E-state index >= 15 is 0 Å². The van der Waals surface area contributed by atoms with Crippen LogP contribution in [-0.4, -0.2) is 60.3 Å². The molecule has 4 aromatic rings. The minimum atomic E-state index is -0.270. The number of nitrogens with one attached hydrogen (secondary N) is 1. The van der Waals surface area contributed by atoms with Gasteiger partial charge in [-0.2, -0.15) is 5.10 Å². The van der Waals surface area contributed by atoms with Crippen LogP contribution in [0.4, 0.5) is 5.82 Å². The first-order valence-electron chi connectivity index (χ1n) is 14.2. The number of fused-ring (bicyclic) bond motifs is 1. The maximum Gasteiger partial charge on any atom is 0.240 e. The molecular weight excluding hydrogens is 548 g/mol. The molecule has 1 saturated heterocycles. The Kier molecular flexibility index (Phi) is 8.30. The molecule has 8 nitrogen and oxygen atoms in total. The van der Waals surface area contributed by atoms with Crippen molar-refractivity contribution in [3.8, 4) is 22.7 Å². The Morgan fingerprint density at radius 3 is 2.60 bits per heavy atom. The zero-order valence-electron chi connectivity index (χ0n) is 23.8. The molecule has 3 aromatic carbocycles. The number of anilines is 1. The summed E-state index contributed by atoms with van der Waals surface area (Å²) in [5, 5.41) is 7.91. The predicted molar refractivity (Wildman–Crippen MR) is 165 cm³/mol. The lowest BCUT2D eigenvalue weighted by atomic mass is 9.99. The largest absolute Gasteiger partial charge is 0.496 e. The molecule has 0 saturated carbocycles. The molecule has 1 N–H and O–H groups in total. The number of carbonyl (C=O) groups is 2. The van der Waals surface area contributed by atoms with Gasteiger partial charge in [0.25, 0.3) is 0 Å². The van der Waals surface area contributed by atoms with Crippen LogP contribution in [0.2, 0.25) is 0 Å². The first-order valence-corrected chi connectivity index (χ1v) is 15.3. The van der Waals surface area contributed by atoms with Gasteiger partial charge < -0.3 is 14.8 Å². The second kappa shape index (κ2) is 12.4. The van der Waals surface area contributed by atoms with E-state index in [1.807, 2.05) is 90.5 Å². The lowest BCUT2D eigenvalue weighted by Crippen LogP contribution is -2.44. The number of aryl methyl sites for hydroxylation is 1. The van der Waals surface area contributed by atoms with E-state index in [0.29, 0.717) is 19.0 Å². The highest BCUT2D eigenvalue weighted by molar-refractivity contribution is 8.00. The Labute approximate surface area is 250 Å². The van der Waals surface area contributed by atoms with Gasteiger partial charge in [-0.15, -0.1) is 11.8 Å². The summed E-state index contributed by atoms with van der Waals surface area (Å²) in [6.45, 7) is 3.05. The molecule has 3 heterocycles. The molecule has 2 amide bonds. The van der Waals surface area contributed by atoms with Crippen LogP contribution in [0, 0.1) is 6.92 Å². The zero-order chi connectivity index (χ0) is 29.1. The van der Waals surface area contributed by atoms with E-state index in [2.05, 4.69) is 5.32 Å². The van der Waals surface area contributed by atoms with E-state index in [1.165, 1.54) is 11.8 Å². The number of methoxy groups -OCH3 is 1. The molecule has 2 aliphatic heterocycles. The number of aromatic nitrogens is 2. The lowest BCUT2D eigenvalue weighted by Gasteiger charge is -2.24. The fourth-order valence-electron chi connectivity index (χ4n) is 5.66. The van der Waals surface area contributed by atoms with Crippen LogP contribution >= 0.6 is 11.8 Å². The Morgan fingerprint density at radius 1 is 1.07 bits per heavy atom. The summed E-state index contributed by atoms with van der Waals surface area (Å²) in [7, 11) is 1.66. The highest BCUT2D eigenvalue weighted by atomic mass is 32.2. The molecule has 2 atom stereocenters. The van der Waals surface area contributed by atoms with Crippen molar-refractivity contribution in [2.24, 2.45) is 0 Å². The normalized spacial score (nSPS) is 18.4. The van der Waals surface area contributed by atoms with E-state index in [4.69, 9.17) is 14.6 Å². The van der Waals surface area contributed by atoms with Crippen LogP contribution in [0.15, 0.2) is 78.9 Å². The third-order valence-electron chi connectivity index (χ3n) is 7.75. The van der Waals surface area contributed by atoms with Crippen molar-refractivity contribution in [2.75, 3.05) is 37.5 Å². The van der Waals surface area contributed by atoms with Gasteiger partial charge in [0.1, 0.15) is 18.1 Å². The molecule has 6 rings (SSSR count). The maximum atomic E-state index is 13.9. The average molecular weight is 583 g/mol. The summed E-state index contributed by atoms with van der Waals surface area (Å²) in [6, 6.07) is 25.8. The topological polar surface area (TPSA) is 85.7 Å². The summed E-state index contributed by atoms with van der Waals surface area (Å²) in [6.07, 6.45) is 1.93. The SMILES string of the molecule is COc1ccccc1C1SCC(=O)N(CC(=O)NCC2CCCO2)c2c1c(-c1ccccc1)nn2-c1ccccc1C. The van der Waals surface area contributed by atoms with Crippen molar-refractivity contribution in [3.05, 3.63) is 95.6 Å². The summed E-state index contributed by atoms with van der Waals surface area (Å²) in [5.74, 6) is 1.14. The van der Waals surface area contributed by atoms with Crippen molar-refractivity contribution in [3.63, 3.8) is 0 Å². The quantitative estimate of drug-likeness (QED) is 0.303. The van der Waals surface area contributed by atoms with Gasteiger partial charge in [-0.3, -0.25) is 14.5 Å². The van der Waals surface area contributed by atoms with E-state index in [-0.39, 0.29) is 35.5 Å². The molecule has 216 valence electrons. The van der Waals surface area contributed by atoms with E-state index in [1.54, 1.807) is 12.0 Å². The number of ether oxygens (including phenoxy) is 2. The lowest BCUT2D eigenvalue weighted by molar-refractivity contribution is -0.123. The standard InChI is InChI=1S/C33H34N4O4S/c1-22-11-6-8-16-26(22)37-33-30(31(35-37)23-12-4-3-5-13-23)32(25-15-7-9-17-27(25)40-2)42-21-29(39)36(33)20-28(38)34-19-24-14-10-18-41-24/h3-9,11-13,15-17,24,32H,10,14,18-21H2,1-2H3,(H,34,38). The zero-order valence-corrected chi connectivity index (χ0v) is 24.6. The van der Waals surface area contributed by atoms with Crippen LogP contribution in [0.1, 0.15) is 34.8 Å². The number of hydrogen-bond donors (Lipinski definition) is 1. The number of carbonyl (C=O) groups excluding carboxylic acids is 2. The van der Waals surface area contributed by atoms with Gasteiger partial charge in [-0.25, -0.2) is 4.68 Å². The minimum Gasteiger partial charge on any atom is -0.496 e. The monoisotopic (exact) mass is 582 g/mol. The Balaban J connectivity index is 1.54. The highest BCUT2D eigenvalue weighted by Crippen LogP contribution is 2.50. The van der Waals surface area contributed by atoms with E-state index in [9.17, 15) is 9.59 Å². The third kappa shape index (κ3) is 5.54. The number of nitrogens with zero attached hydrogens (tertiary/aromatic N) is 3. The van der Waals surface area contributed by atoms with Gasteiger partial charge in [0.15, 0.2) is 0 Å². The average Bonchev–Trinajstić information content (AvgIpc) is 3.66. The van der Waals surface area contributed by atoms with Gasteiger partial charge in [-0.05, 0) is 37.5 Å². The van der Waals surface area contributed by atoms with Crippen LogP contribution < -0.4 is 15.0 Å². The number of hydrogen-bond acceptors (Lipinski definition) is 6. The van der Waals surface area contributed by atoms with Crippen molar-refractivity contribution in [1.29, 1.82) is 0 Å². The Hall–Kier alpha value is -4.08. The van der Waals surface area contributed by atoms with Gasteiger partial charge in [0, 0.05) is 29.8 Å². The van der Waals surface area contributed by atoms with Crippen molar-refractivity contribution >= 4 is 29.4 Å². The molecule has 0 radical (unpaired) electrons. The van der Waals surface area contributed by atoms with Gasteiger partial charge in [0.2, 0.25) is 11.8 Å². The number of rotatable bonds is 8.